The van der Waals surface area contributed by atoms with E-state index in [9.17, 15) is 20.1 Å². The third kappa shape index (κ3) is 20.5. The Morgan fingerprint density at radius 2 is 1.40 bits per heavy atom. The van der Waals surface area contributed by atoms with E-state index in [2.05, 4.69) is 0 Å². The quantitative estimate of drug-likeness (QED) is 0.149. The average Bonchev–Trinajstić information content (AvgIpc) is 2.66. The number of rotatable bonds is 16. The average molecular weight is 421 g/mol. The van der Waals surface area contributed by atoms with Crippen LogP contribution in [0.4, 0.5) is 0 Å². The summed E-state index contributed by atoms with van der Waals surface area (Å²) < 4.78 is 0. The molecule has 4 atom stereocenters. The third-order valence-corrected chi connectivity index (χ3v) is 3.94. The predicted molar refractivity (Wildman–Crippen MR) is 120 cm³/mol. The van der Waals surface area contributed by atoms with E-state index in [-0.39, 0.29) is 12.5 Å². The molecule has 0 spiro atoms. The van der Waals surface area contributed by atoms with Gasteiger partial charge >= 0.3 is 5.97 Å². The molecule has 5 N–H and O–H groups in total. The van der Waals surface area contributed by atoms with Crippen LogP contribution in [-0.2, 0) is 4.79 Å². The Bertz CT molecular complexity index is 613. The number of hydrogen-bond donors (Lipinski definition) is 5. The van der Waals surface area contributed by atoms with Crippen LogP contribution in [0, 0.1) is 0 Å². The van der Waals surface area contributed by atoms with Gasteiger partial charge in [-0.1, -0.05) is 66.8 Å². The molecule has 6 nitrogen and oxygen atoms in total. The molecule has 0 fully saturated rings. The number of aliphatic hydroxyl groups is 4. The molecule has 0 radical (unpaired) electrons. The van der Waals surface area contributed by atoms with E-state index >= 15 is 0 Å². The van der Waals surface area contributed by atoms with Crippen molar-refractivity contribution in [3.8, 4) is 0 Å². The summed E-state index contributed by atoms with van der Waals surface area (Å²) in [4.78, 5) is 10.3. The van der Waals surface area contributed by atoms with Gasteiger partial charge < -0.3 is 25.5 Å². The number of carboxylic acids is 1. The fourth-order valence-corrected chi connectivity index (χ4v) is 2.37. The molecule has 0 aliphatic carbocycles. The van der Waals surface area contributed by atoms with Crippen molar-refractivity contribution >= 4 is 5.97 Å². The van der Waals surface area contributed by atoms with Crippen molar-refractivity contribution in [2.75, 3.05) is 0 Å². The highest BCUT2D eigenvalue weighted by Crippen LogP contribution is 2.06. The monoisotopic (exact) mass is 420 g/mol. The van der Waals surface area contributed by atoms with E-state index in [1.807, 2.05) is 12.2 Å². The van der Waals surface area contributed by atoms with Crippen molar-refractivity contribution in [1.82, 2.24) is 0 Å². The first kappa shape index (κ1) is 27.8. The van der Waals surface area contributed by atoms with Crippen molar-refractivity contribution in [3.63, 3.8) is 0 Å². The van der Waals surface area contributed by atoms with Crippen LogP contribution in [0.1, 0.15) is 45.4 Å². The molecule has 0 rings (SSSR count). The number of carboxylic acid groups (broad SMARTS) is 1. The Hall–Kier alpha value is -2.25. The third-order valence-electron chi connectivity index (χ3n) is 3.94. The van der Waals surface area contributed by atoms with Crippen LogP contribution in [0.2, 0.25) is 0 Å². The van der Waals surface area contributed by atoms with Crippen LogP contribution < -0.4 is 0 Å². The Labute approximate surface area is 179 Å². The predicted octanol–water partition coefficient (Wildman–Crippen LogP) is 3.21. The van der Waals surface area contributed by atoms with Gasteiger partial charge in [-0.15, -0.1) is 0 Å². The lowest BCUT2D eigenvalue weighted by Crippen LogP contribution is -2.14. The number of allylic oxidation sites excluding steroid dienone is 7. The first-order chi connectivity index (χ1) is 14.3. The second-order valence-electron chi connectivity index (χ2n) is 7.03. The Balaban J connectivity index is 3.99. The summed E-state index contributed by atoms with van der Waals surface area (Å²) >= 11 is 0. The zero-order valence-electron chi connectivity index (χ0n) is 17.6. The first-order valence-corrected chi connectivity index (χ1v) is 10.3. The van der Waals surface area contributed by atoms with Crippen LogP contribution in [0.25, 0.3) is 0 Å². The highest BCUT2D eigenvalue weighted by Gasteiger charge is 2.07. The van der Waals surface area contributed by atoms with E-state index in [1.54, 1.807) is 55.5 Å². The summed E-state index contributed by atoms with van der Waals surface area (Å²) in [5.74, 6) is -1.02. The molecular weight excluding hydrogens is 384 g/mol. The van der Waals surface area contributed by atoms with E-state index in [0.717, 1.165) is 25.3 Å². The van der Waals surface area contributed by atoms with E-state index < -0.39 is 24.3 Å². The summed E-state index contributed by atoms with van der Waals surface area (Å²) in [6.07, 6.45) is 20.8. The molecule has 0 aromatic heterocycles. The van der Waals surface area contributed by atoms with Crippen molar-refractivity contribution in [1.29, 1.82) is 0 Å². The second kappa shape index (κ2) is 18.8. The first-order valence-electron chi connectivity index (χ1n) is 10.3. The minimum Gasteiger partial charge on any atom is -0.478 e. The minimum absolute atomic E-state index is 0.234. The van der Waals surface area contributed by atoms with Gasteiger partial charge in [0.05, 0.1) is 24.4 Å². The van der Waals surface area contributed by atoms with Gasteiger partial charge in [0.1, 0.15) is 0 Å². The van der Waals surface area contributed by atoms with Gasteiger partial charge in [0.2, 0.25) is 0 Å². The molecule has 0 saturated carbocycles. The number of aliphatic hydroxyl groups excluding tert-OH is 4. The summed E-state index contributed by atoms with van der Waals surface area (Å²) in [5, 5.41) is 47.2. The molecule has 0 aliphatic rings. The summed E-state index contributed by atoms with van der Waals surface area (Å²) in [6, 6.07) is 0. The van der Waals surface area contributed by atoms with Gasteiger partial charge in [0.15, 0.2) is 0 Å². The Kier molecular flexibility index (Phi) is 17.4. The molecule has 6 heteroatoms. The standard InChI is InChI=1S/C24H36O6/c1-20(25)13-7-3-2-4-8-16-22(27)19-23(28)17-11-5-9-14-21(26)15-10-6-12-18-24(29)30/h2,4-6,8-12,14,16,18,20-23,25-28H,3,7,13,15,17,19H2,1H3,(H,29,30)/b4-2?,10-6?,11-5?,14-9+,16-8?,18-12?. The highest BCUT2D eigenvalue weighted by molar-refractivity contribution is 5.80. The fraction of sp³-hybridized carbons (Fsp3) is 0.458. The lowest BCUT2D eigenvalue weighted by Gasteiger charge is -2.10. The maximum absolute atomic E-state index is 10.3. The van der Waals surface area contributed by atoms with E-state index in [4.69, 9.17) is 10.2 Å². The molecule has 0 amide bonds. The number of unbranched alkanes of at least 4 members (excludes halogenated alkanes) is 1. The number of carbonyl (C=O) groups is 1. The number of hydrogen-bond acceptors (Lipinski definition) is 5. The van der Waals surface area contributed by atoms with Crippen molar-refractivity contribution < 1.29 is 30.3 Å². The van der Waals surface area contributed by atoms with Crippen LogP contribution in [0.5, 0.6) is 0 Å². The van der Waals surface area contributed by atoms with Gasteiger partial charge in [-0.3, -0.25) is 0 Å². The highest BCUT2D eigenvalue weighted by atomic mass is 16.4. The molecule has 0 aromatic rings. The van der Waals surface area contributed by atoms with Gasteiger partial charge in [0.25, 0.3) is 0 Å². The van der Waals surface area contributed by atoms with Crippen molar-refractivity contribution in [2.24, 2.45) is 0 Å². The van der Waals surface area contributed by atoms with Crippen LogP contribution in [0.15, 0.2) is 72.9 Å². The van der Waals surface area contributed by atoms with E-state index in [0.29, 0.717) is 12.8 Å². The maximum Gasteiger partial charge on any atom is 0.328 e. The molecule has 0 aromatic carbocycles. The molecule has 0 bridgehead atoms. The van der Waals surface area contributed by atoms with Crippen LogP contribution in [-0.4, -0.2) is 55.9 Å². The van der Waals surface area contributed by atoms with Gasteiger partial charge in [-0.2, -0.15) is 0 Å². The fourth-order valence-electron chi connectivity index (χ4n) is 2.37. The zero-order chi connectivity index (χ0) is 22.6. The molecule has 4 unspecified atom stereocenters. The molecule has 30 heavy (non-hydrogen) atoms. The van der Waals surface area contributed by atoms with Crippen LogP contribution in [0.3, 0.4) is 0 Å². The van der Waals surface area contributed by atoms with Gasteiger partial charge in [0, 0.05) is 12.5 Å². The second-order valence-corrected chi connectivity index (χ2v) is 7.03. The summed E-state index contributed by atoms with van der Waals surface area (Å²) in [5.41, 5.74) is 0. The van der Waals surface area contributed by atoms with Crippen molar-refractivity contribution in [3.05, 3.63) is 72.9 Å². The topological polar surface area (TPSA) is 118 Å². The molecule has 0 heterocycles. The Morgan fingerprint density at radius 3 is 2.07 bits per heavy atom. The molecular formula is C24H36O6. The van der Waals surface area contributed by atoms with Crippen LogP contribution >= 0.6 is 0 Å². The smallest absolute Gasteiger partial charge is 0.328 e. The summed E-state index contributed by atoms with van der Waals surface area (Å²) in [7, 11) is 0. The normalized spacial score (nSPS) is 17.2. The van der Waals surface area contributed by atoms with Gasteiger partial charge in [-0.05, 0) is 39.0 Å². The SMILES string of the molecule is CC(O)CCCC=CC=CC(O)CC(O)CC=C/C=C/C(O)CC=CC=CC(=O)O. The van der Waals surface area contributed by atoms with Crippen molar-refractivity contribution in [2.45, 2.75) is 69.9 Å². The van der Waals surface area contributed by atoms with E-state index in [1.165, 1.54) is 6.08 Å². The lowest BCUT2D eigenvalue weighted by atomic mass is 10.1. The lowest BCUT2D eigenvalue weighted by molar-refractivity contribution is -0.131. The Morgan fingerprint density at radius 1 is 0.800 bits per heavy atom. The maximum atomic E-state index is 10.3. The molecule has 168 valence electrons. The summed E-state index contributed by atoms with van der Waals surface area (Å²) in [6.45, 7) is 1.77. The van der Waals surface area contributed by atoms with Gasteiger partial charge in [-0.25, -0.2) is 4.79 Å². The number of aliphatic carboxylic acids is 1. The zero-order valence-corrected chi connectivity index (χ0v) is 17.6. The minimum atomic E-state index is -1.02. The largest absolute Gasteiger partial charge is 0.478 e. The molecule has 0 saturated heterocycles. The molecule has 0 aliphatic heterocycles.